The smallest absolute Gasteiger partial charge is 0.338 e. The number of esters is 1. The molecule has 4 rings (SSSR count). The fraction of sp³-hybridized carbons (Fsp3) is 0.125. The van der Waals surface area contributed by atoms with E-state index in [1.54, 1.807) is 49.6 Å². The van der Waals surface area contributed by atoms with Gasteiger partial charge in [0.05, 0.1) is 18.1 Å². The highest BCUT2D eigenvalue weighted by molar-refractivity contribution is 6.01. The lowest BCUT2D eigenvalue weighted by molar-refractivity contribution is -0.123. The van der Waals surface area contributed by atoms with Crippen LogP contribution >= 0.6 is 0 Å². The molecule has 1 aromatic heterocycles. The van der Waals surface area contributed by atoms with E-state index in [-0.39, 0.29) is 0 Å². The number of aromatic nitrogens is 1. The summed E-state index contributed by atoms with van der Waals surface area (Å²) in [5.74, 6) is 0.112. The molecule has 0 saturated carbocycles. The van der Waals surface area contributed by atoms with Crippen molar-refractivity contribution in [2.24, 2.45) is 0 Å². The maximum absolute atomic E-state index is 12.7. The predicted molar refractivity (Wildman–Crippen MR) is 116 cm³/mol. The third-order valence-corrected chi connectivity index (χ3v) is 4.74. The van der Waals surface area contributed by atoms with E-state index in [1.165, 1.54) is 6.92 Å². The molecule has 156 valence electrons. The van der Waals surface area contributed by atoms with Crippen LogP contribution in [0.4, 0.5) is 5.69 Å². The van der Waals surface area contributed by atoms with Crippen molar-refractivity contribution in [2.75, 3.05) is 12.4 Å². The fourth-order valence-corrected chi connectivity index (χ4v) is 3.09. The number of methoxy groups -OCH3 is 1. The molecule has 0 radical (unpaired) electrons. The molecule has 0 saturated heterocycles. The van der Waals surface area contributed by atoms with Gasteiger partial charge >= 0.3 is 5.97 Å². The number of ether oxygens (including phenoxy) is 2. The van der Waals surface area contributed by atoms with Crippen molar-refractivity contribution < 1.29 is 23.6 Å². The highest BCUT2D eigenvalue weighted by atomic mass is 16.5. The Kier molecular flexibility index (Phi) is 5.66. The molecule has 3 aromatic carbocycles. The highest BCUT2D eigenvalue weighted by Crippen LogP contribution is 2.29. The number of fused-ring (bicyclic) bond motifs is 1. The van der Waals surface area contributed by atoms with Gasteiger partial charge in [0.1, 0.15) is 11.3 Å². The normalized spacial score (nSPS) is 11.7. The Bertz CT molecular complexity index is 1230. The van der Waals surface area contributed by atoms with Gasteiger partial charge < -0.3 is 19.3 Å². The van der Waals surface area contributed by atoms with Gasteiger partial charge in [-0.25, -0.2) is 4.79 Å². The van der Waals surface area contributed by atoms with E-state index in [4.69, 9.17) is 14.0 Å². The van der Waals surface area contributed by atoms with Crippen LogP contribution in [-0.4, -0.2) is 30.2 Å². The molecule has 1 amide bonds. The maximum atomic E-state index is 12.7. The van der Waals surface area contributed by atoms with E-state index in [2.05, 4.69) is 10.5 Å². The van der Waals surface area contributed by atoms with Crippen LogP contribution in [0.3, 0.4) is 0 Å². The Morgan fingerprint density at radius 3 is 2.58 bits per heavy atom. The summed E-state index contributed by atoms with van der Waals surface area (Å²) < 4.78 is 16.0. The van der Waals surface area contributed by atoms with Crippen LogP contribution in [0.5, 0.6) is 5.75 Å². The number of nitrogens with one attached hydrogen (secondary N) is 1. The van der Waals surface area contributed by atoms with Crippen molar-refractivity contribution in [3.63, 3.8) is 0 Å². The number of nitrogens with zero attached hydrogens (tertiary/aromatic N) is 1. The Balaban J connectivity index is 1.49. The molecule has 0 aliphatic rings. The van der Waals surface area contributed by atoms with E-state index in [1.807, 2.05) is 30.3 Å². The molecule has 0 aliphatic carbocycles. The summed E-state index contributed by atoms with van der Waals surface area (Å²) in [7, 11) is 1.54. The number of rotatable bonds is 6. The summed E-state index contributed by atoms with van der Waals surface area (Å²) in [4.78, 5) is 25.1. The Labute approximate surface area is 178 Å². The number of hydrogen-bond acceptors (Lipinski definition) is 6. The second-order valence-electron chi connectivity index (χ2n) is 6.88. The van der Waals surface area contributed by atoms with Crippen LogP contribution < -0.4 is 10.1 Å². The quantitative estimate of drug-likeness (QED) is 0.459. The zero-order valence-electron chi connectivity index (χ0n) is 17.0. The molecule has 7 heteroatoms. The zero-order chi connectivity index (χ0) is 21.8. The van der Waals surface area contributed by atoms with Crippen molar-refractivity contribution >= 4 is 28.5 Å². The largest absolute Gasteiger partial charge is 0.497 e. The van der Waals surface area contributed by atoms with Crippen LogP contribution in [0.25, 0.3) is 22.2 Å². The van der Waals surface area contributed by atoms with Crippen molar-refractivity contribution in [3.05, 3.63) is 78.4 Å². The number of amides is 1. The van der Waals surface area contributed by atoms with Crippen molar-refractivity contribution in [1.82, 2.24) is 5.16 Å². The molecule has 0 unspecified atom stereocenters. The first-order valence-corrected chi connectivity index (χ1v) is 9.66. The lowest BCUT2D eigenvalue weighted by Gasteiger charge is -2.14. The standard InChI is InChI=1S/C24H20N2O5/c1-15(23(27)25-18-9-6-10-19(14-18)29-2)30-24(28)17-11-12-21-20(13-17)22(31-26-21)16-7-4-3-5-8-16/h3-15H,1-2H3,(H,25,27)/t15-/m0/s1. The van der Waals surface area contributed by atoms with Crippen LogP contribution in [0.2, 0.25) is 0 Å². The van der Waals surface area contributed by atoms with E-state index in [0.717, 1.165) is 5.56 Å². The van der Waals surface area contributed by atoms with Gasteiger partial charge in [0.25, 0.3) is 5.91 Å². The first-order valence-electron chi connectivity index (χ1n) is 9.66. The molecule has 0 aliphatic heterocycles. The third-order valence-electron chi connectivity index (χ3n) is 4.74. The highest BCUT2D eigenvalue weighted by Gasteiger charge is 2.21. The molecular weight excluding hydrogens is 396 g/mol. The number of benzene rings is 3. The minimum Gasteiger partial charge on any atom is -0.497 e. The monoisotopic (exact) mass is 416 g/mol. The average Bonchev–Trinajstić information content (AvgIpc) is 3.23. The average molecular weight is 416 g/mol. The van der Waals surface area contributed by atoms with Gasteiger partial charge in [-0.15, -0.1) is 0 Å². The number of carbonyl (C=O) groups is 2. The lowest BCUT2D eigenvalue weighted by atomic mass is 10.1. The Morgan fingerprint density at radius 2 is 1.81 bits per heavy atom. The summed E-state index contributed by atoms with van der Waals surface area (Å²) in [6.45, 7) is 1.51. The van der Waals surface area contributed by atoms with E-state index in [0.29, 0.717) is 33.7 Å². The Hall–Kier alpha value is -4.13. The van der Waals surface area contributed by atoms with E-state index in [9.17, 15) is 9.59 Å². The first-order chi connectivity index (χ1) is 15.0. The van der Waals surface area contributed by atoms with Gasteiger partial charge in [-0.1, -0.05) is 41.6 Å². The summed E-state index contributed by atoms with van der Waals surface area (Å²) in [6.07, 6.45) is -0.995. The molecule has 0 fully saturated rings. The topological polar surface area (TPSA) is 90.7 Å². The van der Waals surface area contributed by atoms with Crippen LogP contribution in [-0.2, 0) is 9.53 Å². The number of anilines is 1. The first kappa shape index (κ1) is 20.2. The molecule has 0 spiro atoms. The van der Waals surface area contributed by atoms with Crippen molar-refractivity contribution in [1.29, 1.82) is 0 Å². The minimum atomic E-state index is -0.995. The summed E-state index contributed by atoms with van der Waals surface area (Å²) in [5, 5.41) is 7.44. The molecule has 1 N–H and O–H groups in total. The van der Waals surface area contributed by atoms with Crippen LogP contribution in [0.15, 0.2) is 77.3 Å². The molecule has 7 nitrogen and oxygen atoms in total. The van der Waals surface area contributed by atoms with Gasteiger partial charge in [-0.05, 0) is 37.3 Å². The second-order valence-corrected chi connectivity index (χ2v) is 6.88. The number of hydrogen-bond donors (Lipinski definition) is 1. The van der Waals surface area contributed by atoms with Crippen molar-refractivity contribution in [3.8, 4) is 17.1 Å². The van der Waals surface area contributed by atoms with Gasteiger partial charge in [-0.2, -0.15) is 0 Å². The van der Waals surface area contributed by atoms with E-state index >= 15 is 0 Å². The minimum absolute atomic E-state index is 0.300. The van der Waals surface area contributed by atoms with Gasteiger partial charge in [0.15, 0.2) is 11.9 Å². The summed E-state index contributed by atoms with van der Waals surface area (Å²) >= 11 is 0. The molecule has 31 heavy (non-hydrogen) atoms. The molecule has 4 aromatic rings. The van der Waals surface area contributed by atoms with Crippen LogP contribution in [0, 0.1) is 0 Å². The fourth-order valence-electron chi connectivity index (χ4n) is 3.09. The third kappa shape index (κ3) is 4.40. The van der Waals surface area contributed by atoms with E-state index < -0.39 is 18.0 Å². The van der Waals surface area contributed by atoms with Crippen LogP contribution in [0.1, 0.15) is 17.3 Å². The molecule has 0 bridgehead atoms. The van der Waals surface area contributed by atoms with Gasteiger partial charge in [0, 0.05) is 17.3 Å². The van der Waals surface area contributed by atoms with Gasteiger partial charge in [0.2, 0.25) is 0 Å². The maximum Gasteiger partial charge on any atom is 0.338 e. The zero-order valence-corrected chi connectivity index (χ0v) is 17.0. The Morgan fingerprint density at radius 1 is 1.00 bits per heavy atom. The molecule has 1 atom stereocenters. The van der Waals surface area contributed by atoms with Crippen molar-refractivity contribution in [2.45, 2.75) is 13.0 Å². The molecular formula is C24H20N2O5. The summed E-state index contributed by atoms with van der Waals surface area (Å²) in [5.41, 5.74) is 2.32. The molecule has 1 heterocycles. The predicted octanol–water partition coefficient (Wildman–Crippen LogP) is 4.69. The summed E-state index contributed by atoms with van der Waals surface area (Å²) in [6, 6.07) is 21.3. The SMILES string of the molecule is COc1cccc(NC(=O)[C@H](C)OC(=O)c2ccc3noc(-c4ccccc4)c3c2)c1. The second kappa shape index (κ2) is 8.71. The lowest BCUT2D eigenvalue weighted by Crippen LogP contribution is -2.30. The number of carbonyl (C=O) groups excluding carboxylic acids is 2. The van der Waals surface area contributed by atoms with Gasteiger partial charge in [-0.3, -0.25) is 4.79 Å².